The van der Waals surface area contributed by atoms with E-state index in [1.54, 1.807) is 18.0 Å². The molecule has 0 aliphatic heterocycles. The fourth-order valence-electron chi connectivity index (χ4n) is 2.64. The molecule has 3 aromatic carbocycles. The Bertz CT molecular complexity index is 1110. The number of ether oxygens (including phenoxy) is 1. The number of hydrogen-bond donors (Lipinski definition) is 2. The van der Waals surface area contributed by atoms with Crippen LogP contribution in [0.1, 0.15) is 16.7 Å². The molecule has 150 valence electrons. The van der Waals surface area contributed by atoms with E-state index in [1.807, 2.05) is 54.6 Å². The molecule has 0 atom stereocenters. The highest BCUT2D eigenvalue weighted by molar-refractivity contribution is 7.98. The summed E-state index contributed by atoms with van der Waals surface area (Å²) < 4.78 is 5.84. The number of H-pyrrole nitrogens is 1. The van der Waals surface area contributed by atoms with E-state index in [4.69, 9.17) is 4.74 Å². The summed E-state index contributed by atoms with van der Waals surface area (Å²) in [6.45, 7) is 2.08. The Balaban J connectivity index is 1.30. The van der Waals surface area contributed by atoms with Crippen LogP contribution in [0.15, 0.2) is 89.1 Å². The van der Waals surface area contributed by atoms with Gasteiger partial charge in [0.1, 0.15) is 11.5 Å². The summed E-state index contributed by atoms with van der Waals surface area (Å²) in [7, 11) is 0. The number of nitrogens with zero attached hydrogens (tertiary/aromatic N) is 3. The molecule has 30 heavy (non-hydrogen) atoms. The Morgan fingerprint density at radius 2 is 1.80 bits per heavy atom. The zero-order valence-corrected chi connectivity index (χ0v) is 17.3. The van der Waals surface area contributed by atoms with E-state index >= 15 is 0 Å². The lowest BCUT2D eigenvalue weighted by Gasteiger charge is -2.05. The number of para-hydroxylation sites is 1. The van der Waals surface area contributed by atoms with Crippen molar-refractivity contribution in [3.63, 3.8) is 0 Å². The molecule has 4 aromatic rings. The molecule has 0 aliphatic carbocycles. The van der Waals surface area contributed by atoms with Crippen LogP contribution in [0.25, 0.3) is 0 Å². The number of thioether (sulfide) groups is 1. The maximum absolute atomic E-state index is 5.84. The molecule has 0 saturated heterocycles. The minimum Gasteiger partial charge on any atom is -0.457 e. The second-order valence-electron chi connectivity index (χ2n) is 6.60. The van der Waals surface area contributed by atoms with Gasteiger partial charge < -0.3 is 4.74 Å². The van der Waals surface area contributed by atoms with Gasteiger partial charge in [-0.1, -0.05) is 71.9 Å². The maximum Gasteiger partial charge on any atom is 0.240 e. The van der Waals surface area contributed by atoms with Crippen LogP contribution < -0.4 is 10.2 Å². The minimum atomic E-state index is 0.495. The normalized spacial score (nSPS) is 11.0. The van der Waals surface area contributed by atoms with Gasteiger partial charge in [0.15, 0.2) is 0 Å². The number of aromatic amines is 1. The summed E-state index contributed by atoms with van der Waals surface area (Å²) in [6.07, 6.45) is 1.71. The van der Waals surface area contributed by atoms with Crippen LogP contribution in [-0.2, 0) is 5.75 Å². The summed E-state index contributed by atoms with van der Waals surface area (Å²) in [5, 5.41) is 12.0. The first kappa shape index (κ1) is 19.7. The zero-order valence-electron chi connectivity index (χ0n) is 16.4. The average molecular weight is 416 g/mol. The van der Waals surface area contributed by atoms with Crippen LogP contribution in [0.2, 0.25) is 0 Å². The molecule has 4 rings (SSSR count). The lowest BCUT2D eigenvalue weighted by Crippen LogP contribution is -1.93. The van der Waals surface area contributed by atoms with Crippen LogP contribution in [0, 0.1) is 6.92 Å². The van der Waals surface area contributed by atoms with E-state index in [0.29, 0.717) is 11.1 Å². The largest absolute Gasteiger partial charge is 0.457 e. The number of hydrogen-bond acceptors (Lipinski definition) is 6. The third kappa shape index (κ3) is 5.71. The Kier molecular flexibility index (Phi) is 6.41. The molecule has 0 aliphatic rings. The highest BCUT2D eigenvalue weighted by atomic mass is 32.2. The molecular weight excluding hydrogens is 394 g/mol. The Morgan fingerprint density at radius 1 is 1.00 bits per heavy atom. The number of anilines is 1. The van der Waals surface area contributed by atoms with Gasteiger partial charge in [0.2, 0.25) is 11.1 Å². The Morgan fingerprint density at radius 3 is 2.63 bits per heavy atom. The van der Waals surface area contributed by atoms with Gasteiger partial charge in [-0.15, -0.1) is 5.10 Å². The van der Waals surface area contributed by atoms with E-state index in [2.05, 4.69) is 56.9 Å². The second-order valence-corrected chi connectivity index (χ2v) is 7.54. The van der Waals surface area contributed by atoms with E-state index < -0.39 is 0 Å². The second kappa shape index (κ2) is 9.76. The van der Waals surface area contributed by atoms with Gasteiger partial charge in [0.05, 0.1) is 6.21 Å². The lowest BCUT2D eigenvalue weighted by atomic mass is 10.2. The fourth-order valence-corrected chi connectivity index (χ4v) is 3.40. The number of aryl methyl sites for hydroxylation is 1. The molecule has 1 aromatic heterocycles. The van der Waals surface area contributed by atoms with Gasteiger partial charge in [0, 0.05) is 5.75 Å². The number of hydrazone groups is 1. The van der Waals surface area contributed by atoms with Crippen molar-refractivity contribution >= 4 is 23.9 Å². The molecule has 0 amide bonds. The zero-order chi connectivity index (χ0) is 20.6. The molecule has 2 N–H and O–H groups in total. The number of benzene rings is 3. The number of rotatable bonds is 8. The molecule has 0 bridgehead atoms. The molecule has 0 radical (unpaired) electrons. The summed E-state index contributed by atoms with van der Waals surface area (Å²) in [6, 6.07) is 25.8. The van der Waals surface area contributed by atoms with Crippen molar-refractivity contribution in [1.29, 1.82) is 0 Å². The van der Waals surface area contributed by atoms with E-state index in [0.717, 1.165) is 22.8 Å². The molecule has 0 fully saturated rings. The Hall–Kier alpha value is -3.58. The first-order valence-corrected chi connectivity index (χ1v) is 10.5. The quantitative estimate of drug-likeness (QED) is 0.221. The first-order valence-electron chi connectivity index (χ1n) is 9.47. The van der Waals surface area contributed by atoms with Gasteiger partial charge >= 0.3 is 0 Å². The number of nitrogens with one attached hydrogen (secondary N) is 2. The third-order valence-electron chi connectivity index (χ3n) is 4.17. The summed E-state index contributed by atoms with van der Waals surface area (Å²) in [4.78, 5) is 4.39. The molecule has 0 spiro atoms. The van der Waals surface area contributed by atoms with Gasteiger partial charge in [-0.05, 0) is 42.3 Å². The van der Waals surface area contributed by atoms with Crippen molar-refractivity contribution in [3.05, 3.63) is 95.6 Å². The van der Waals surface area contributed by atoms with Crippen molar-refractivity contribution in [2.45, 2.75) is 17.8 Å². The molecular formula is C23H21N5OS. The van der Waals surface area contributed by atoms with Gasteiger partial charge in [-0.25, -0.2) is 10.5 Å². The molecule has 0 unspecified atom stereocenters. The summed E-state index contributed by atoms with van der Waals surface area (Å²) in [5.41, 5.74) is 6.27. The van der Waals surface area contributed by atoms with Gasteiger partial charge in [0.25, 0.3) is 0 Å². The molecule has 7 heteroatoms. The lowest BCUT2D eigenvalue weighted by molar-refractivity contribution is 0.482. The van der Waals surface area contributed by atoms with E-state index in [9.17, 15) is 0 Å². The standard InChI is InChI=1S/C23H21N5OS/c1-17-10-12-18(13-11-17)16-30-23-25-22(27-28-23)26-24-15-19-6-5-9-21(14-19)29-20-7-3-2-4-8-20/h2-15H,16H2,1H3,(H2,25,26,27,28)/b24-15-. The van der Waals surface area contributed by atoms with E-state index in [-0.39, 0.29) is 0 Å². The smallest absolute Gasteiger partial charge is 0.240 e. The maximum atomic E-state index is 5.84. The van der Waals surface area contributed by atoms with Crippen LogP contribution in [0.3, 0.4) is 0 Å². The summed E-state index contributed by atoms with van der Waals surface area (Å²) in [5.74, 6) is 2.85. The van der Waals surface area contributed by atoms with Crippen molar-refractivity contribution in [1.82, 2.24) is 15.2 Å². The highest BCUT2D eigenvalue weighted by Crippen LogP contribution is 2.22. The van der Waals surface area contributed by atoms with Crippen LogP contribution in [-0.4, -0.2) is 21.4 Å². The van der Waals surface area contributed by atoms with E-state index in [1.165, 1.54) is 11.1 Å². The summed E-state index contributed by atoms with van der Waals surface area (Å²) >= 11 is 1.57. The van der Waals surface area contributed by atoms with Crippen LogP contribution >= 0.6 is 11.8 Å². The van der Waals surface area contributed by atoms with Crippen molar-refractivity contribution in [2.24, 2.45) is 5.10 Å². The minimum absolute atomic E-state index is 0.495. The van der Waals surface area contributed by atoms with Crippen molar-refractivity contribution in [3.8, 4) is 11.5 Å². The van der Waals surface area contributed by atoms with Gasteiger partial charge in [-0.3, -0.25) is 0 Å². The fraction of sp³-hybridized carbons (Fsp3) is 0.0870. The first-order chi connectivity index (χ1) is 14.7. The molecule has 0 saturated carbocycles. The average Bonchev–Trinajstić information content (AvgIpc) is 3.22. The van der Waals surface area contributed by atoms with Crippen molar-refractivity contribution in [2.75, 3.05) is 5.43 Å². The van der Waals surface area contributed by atoms with Crippen LogP contribution in [0.4, 0.5) is 5.95 Å². The predicted octanol–water partition coefficient (Wildman–Crippen LogP) is 5.64. The predicted molar refractivity (Wildman–Crippen MR) is 121 cm³/mol. The SMILES string of the molecule is Cc1ccc(CSc2n[nH]c(N/N=C\c3cccc(Oc4ccccc4)c3)n2)cc1. The van der Waals surface area contributed by atoms with Crippen LogP contribution in [0.5, 0.6) is 11.5 Å². The highest BCUT2D eigenvalue weighted by Gasteiger charge is 2.04. The monoisotopic (exact) mass is 415 g/mol. The molecule has 1 heterocycles. The van der Waals surface area contributed by atoms with Gasteiger partial charge in [-0.2, -0.15) is 10.1 Å². The van der Waals surface area contributed by atoms with Crippen molar-refractivity contribution < 1.29 is 4.74 Å². The molecule has 6 nitrogen and oxygen atoms in total. The number of aromatic nitrogens is 3. The topological polar surface area (TPSA) is 75.2 Å². The third-order valence-corrected chi connectivity index (χ3v) is 5.09. The Labute approximate surface area is 179 Å².